The van der Waals surface area contributed by atoms with Crippen molar-refractivity contribution in [3.05, 3.63) is 48.3 Å². The van der Waals surface area contributed by atoms with Crippen LogP contribution in [0.5, 0.6) is 0 Å². The molecule has 31 heavy (non-hydrogen) atoms. The molecule has 0 radical (unpaired) electrons. The predicted octanol–water partition coefficient (Wildman–Crippen LogP) is 0.810. The summed E-state index contributed by atoms with van der Waals surface area (Å²) in [5, 5.41) is 21.2. The third-order valence-electron chi connectivity index (χ3n) is 6.11. The molecule has 4 heterocycles. The van der Waals surface area contributed by atoms with Crippen LogP contribution in [0.25, 0.3) is 0 Å². The number of aromatic amines is 1. The standard InChI is InChI=1S/C20H27N5O3.CH2O2/c1-19(24-17(26)15-2-7-21-8-3-15)6-11-28-20(18(19)27)4-9-25(10-5-20)13-16-12-22-14-23-16;2-1-3/h2-3,7-8,12,14,18,27H,4-6,9-11,13H2,1H3,(H,22,23)(H,24,26);1H,(H,2,3)/t18-,19+;/m0./s1. The first kappa shape index (κ1) is 22.9. The highest BCUT2D eigenvalue weighted by atomic mass is 16.5. The van der Waals surface area contributed by atoms with Gasteiger partial charge in [-0.25, -0.2) is 4.98 Å². The quantitative estimate of drug-likeness (QED) is 0.521. The summed E-state index contributed by atoms with van der Waals surface area (Å²) < 4.78 is 6.13. The average molecular weight is 431 g/mol. The zero-order valence-electron chi connectivity index (χ0n) is 17.5. The van der Waals surface area contributed by atoms with E-state index in [4.69, 9.17) is 14.6 Å². The molecule has 2 atom stereocenters. The van der Waals surface area contributed by atoms with E-state index in [1.807, 2.05) is 13.1 Å². The number of pyridine rings is 1. The van der Waals surface area contributed by atoms with Crippen molar-refractivity contribution in [2.24, 2.45) is 0 Å². The number of amides is 1. The lowest BCUT2D eigenvalue weighted by Crippen LogP contribution is -2.69. The van der Waals surface area contributed by atoms with Crippen molar-refractivity contribution in [1.82, 2.24) is 25.2 Å². The summed E-state index contributed by atoms with van der Waals surface area (Å²) in [4.78, 5) is 34.5. The summed E-state index contributed by atoms with van der Waals surface area (Å²) in [5.74, 6) is -0.197. The van der Waals surface area contributed by atoms with E-state index in [1.165, 1.54) is 0 Å². The molecule has 2 fully saturated rings. The molecular weight excluding hydrogens is 402 g/mol. The van der Waals surface area contributed by atoms with Crippen molar-refractivity contribution in [1.29, 1.82) is 0 Å². The fraction of sp³-hybridized carbons (Fsp3) is 0.524. The van der Waals surface area contributed by atoms with Crippen LogP contribution >= 0.6 is 0 Å². The number of aromatic nitrogens is 3. The van der Waals surface area contributed by atoms with Gasteiger partial charge in [-0.2, -0.15) is 0 Å². The first-order valence-corrected chi connectivity index (χ1v) is 10.2. The van der Waals surface area contributed by atoms with Crippen LogP contribution in [0.15, 0.2) is 37.1 Å². The Hall–Kier alpha value is -2.82. The second-order valence-electron chi connectivity index (χ2n) is 8.13. The first-order chi connectivity index (χ1) is 14.9. The van der Waals surface area contributed by atoms with Crippen molar-refractivity contribution in [2.45, 2.75) is 50.0 Å². The van der Waals surface area contributed by atoms with Gasteiger partial charge in [0.2, 0.25) is 0 Å². The normalized spacial score (nSPS) is 25.3. The fourth-order valence-electron chi connectivity index (χ4n) is 4.35. The Morgan fingerprint density at radius 2 is 2.00 bits per heavy atom. The molecule has 2 aromatic rings. The van der Waals surface area contributed by atoms with Crippen molar-refractivity contribution >= 4 is 12.4 Å². The van der Waals surface area contributed by atoms with E-state index in [2.05, 4.69) is 25.2 Å². The SMILES string of the molecule is C[C@@]1(NC(=O)c2ccncc2)CCOC2(CCN(Cc3cnc[nH]3)CC2)[C@H]1O.O=CO. The van der Waals surface area contributed by atoms with Gasteiger partial charge in [0.1, 0.15) is 6.10 Å². The number of aliphatic hydroxyl groups excluding tert-OH is 1. The van der Waals surface area contributed by atoms with Crippen molar-refractivity contribution in [3.8, 4) is 0 Å². The molecule has 2 aliphatic heterocycles. The minimum absolute atomic E-state index is 0.197. The van der Waals surface area contributed by atoms with Gasteiger partial charge in [-0.05, 0) is 38.3 Å². The number of nitrogens with zero attached hydrogens (tertiary/aromatic N) is 3. The number of carboxylic acid groups (broad SMARTS) is 1. The summed E-state index contributed by atoms with van der Waals surface area (Å²) in [6.45, 7) is 4.64. The molecule has 1 spiro atoms. The van der Waals surface area contributed by atoms with E-state index in [0.29, 0.717) is 18.6 Å². The molecule has 0 aromatic carbocycles. The molecule has 10 heteroatoms. The smallest absolute Gasteiger partial charge is 0.290 e. The molecule has 2 saturated heterocycles. The molecule has 168 valence electrons. The molecular formula is C21H29N5O5. The Morgan fingerprint density at radius 3 is 2.61 bits per heavy atom. The van der Waals surface area contributed by atoms with Gasteiger partial charge in [0, 0.05) is 56.1 Å². The predicted molar refractivity (Wildman–Crippen MR) is 111 cm³/mol. The Kier molecular flexibility index (Phi) is 7.37. The molecule has 4 N–H and O–H groups in total. The first-order valence-electron chi connectivity index (χ1n) is 10.2. The van der Waals surface area contributed by atoms with Gasteiger partial charge in [-0.1, -0.05) is 0 Å². The van der Waals surface area contributed by atoms with Gasteiger partial charge < -0.3 is 25.3 Å². The van der Waals surface area contributed by atoms with Crippen LogP contribution in [0, 0.1) is 0 Å². The number of piperidine rings is 1. The highest BCUT2D eigenvalue weighted by molar-refractivity contribution is 5.94. The summed E-state index contributed by atoms with van der Waals surface area (Å²) in [5.41, 5.74) is 0.265. The number of H-pyrrole nitrogens is 1. The van der Waals surface area contributed by atoms with Crippen molar-refractivity contribution in [2.75, 3.05) is 19.7 Å². The van der Waals surface area contributed by atoms with Crippen molar-refractivity contribution in [3.63, 3.8) is 0 Å². The van der Waals surface area contributed by atoms with Crippen LogP contribution in [0.2, 0.25) is 0 Å². The molecule has 4 rings (SSSR count). The van der Waals surface area contributed by atoms with Crippen LogP contribution in [-0.2, 0) is 16.1 Å². The topological polar surface area (TPSA) is 141 Å². The third kappa shape index (κ3) is 5.27. The van der Waals surface area contributed by atoms with Crippen molar-refractivity contribution < 1.29 is 24.5 Å². The molecule has 0 bridgehead atoms. The van der Waals surface area contributed by atoms with Gasteiger partial charge >= 0.3 is 0 Å². The van der Waals surface area contributed by atoms with Crippen LogP contribution in [0.3, 0.4) is 0 Å². The van der Waals surface area contributed by atoms with E-state index >= 15 is 0 Å². The maximum Gasteiger partial charge on any atom is 0.290 e. The Labute approximate surface area is 180 Å². The highest BCUT2D eigenvalue weighted by Gasteiger charge is 2.53. The van der Waals surface area contributed by atoms with Gasteiger partial charge in [0.25, 0.3) is 12.4 Å². The number of hydrogen-bond donors (Lipinski definition) is 4. The number of rotatable bonds is 4. The second kappa shape index (κ2) is 9.99. The van der Waals surface area contributed by atoms with E-state index < -0.39 is 17.2 Å². The number of likely N-dealkylation sites (tertiary alicyclic amines) is 1. The lowest BCUT2D eigenvalue weighted by Gasteiger charge is -2.53. The molecule has 1 amide bonds. The maximum atomic E-state index is 12.7. The summed E-state index contributed by atoms with van der Waals surface area (Å²) in [6, 6.07) is 3.35. The summed E-state index contributed by atoms with van der Waals surface area (Å²) >= 11 is 0. The van der Waals surface area contributed by atoms with Gasteiger partial charge in [-0.3, -0.25) is 19.5 Å². The molecule has 0 aliphatic carbocycles. The summed E-state index contributed by atoms with van der Waals surface area (Å²) in [6.07, 6.45) is 7.96. The Morgan fingerprint density at radius 1 is 1.32 bits per heavy atom. The number of carbonyl (C=O) groups is 2. The lowest BCUT2D eigenvalue weighted by atomic mass is 9.73. The summed E-state index contributed by atoms with van der Waals surface area (Å²) in [7, 11) is 0. The minimum atomic E-state index is -0.770. The Bertz CT molecular complexity index is 839. The zero-order valence-corrected chi connectivity index (χ0v) is 17.5. The van der Waals surface area contributed by atoms with Gasteiger partial charge in [0.15, 0.2) is 0 Å². The third-order valence-corrected chi connectivity index (χ3v) is 6.11. The monoisotopic (exact) mass is 431 g/mol. The molecule has 0 saturated carbocycles. The lowest BCUT2D eigenvalue weighted by molar-refractivity contribution is -0.206. The minimum Gasteiger partial charge on any atom is -0.483 e. The van der Waals surface area contributed by atoms with E-state index in [1.54, 1.807) is 30.9 Å². The zero-order chi connectivity index (χ0) is 22.3. The number of aliphatic hydroxyl groups is 1. The largest absolute Gasteiger partial charge is 0.483 e. The average Bonchev–Trinajstić information content (AvgIpc) is 3.28. The fourth-order valence-corrected chi connectivity index (χ4v) is 4.35. The Balaban J connectivity index is 0.000000858. The van der Waals surface area contributed by atoms with Crippen LogP contribution in [0.1, 0.15) is 42.2 Å². The van der Waals surface area contributed by atoms with Crippen LogP contribution in [0.4, 0.5) is 0 Å². The van der Waals surface area contributed by atoms with E-state index in [-0.39, 0.29) is 12.4 Å². The maximum absolute atomic E-state index is 12.7. The number of hydrogen-bond acceptors (Lipinski definition) is 7. The molecule has 2 aliphatic rings. The number of nitrogens with one attached hydrogen (secondary N) is 2. The van der Waals surface area contributed by atoms with E-state index in [0.717, 1.165) is 38.2 Å². The van der Waals surface area contributed by atoms with Crippen LogP contribution in [-0.4, -0.2) is 79.4 Å². The van der Waals surface area contributed by atoms with E-state index in [9.17, 15) is 9.90 Å². The van der Waals surface area contributed by atoms with Gasteiger partial charge in [-0.15, -0.1) is 0 Å². The van der Waals surface area contributed by atoms with Gasteiger partial charge in [0.05, 0.1) is 17.5 Å². The van der Waals surface area contributed by atoms with Crippen LogP contribution < -0.4 is 5.32 Å². The second-order valence-corrected chi connectivity index (χ2v) is 8.13. The number of ether oxygens (including phenoxy) is 1. The molecule has 0 unspecified atom stereocenters. The number of imidazole rings is 1. The molecule has 10 nitrogen and oxygen atoms in total. The number of carbonyl (C=O) groups excluding carboxylic acids is 1. The molecule has 2 aromatic heterocycles. The highest BCUT2D eigenvalue weighted by Crippen LogP contribution is 2.40.